The zero-order valence-electron chi connectivity index (χ0n) is 18.8. The van der Waals surface area contributed by atoms with Crippen LogP contribution in [0.2, 0.25) is 0 Å². The van der Waals surface area contributed by atoms with E-state index in [2.05, 4.69) is 24.8 Å². The van der Waals surface area contributed by atoms with E-state index in [4.69, 9.17) is 0 Å². The van der Waals surface area contributed by atoms with E-state index in [0.29, 0.717) is 5.82 Å². The van der Waals surface area contributed by atoms with Crippen LogP contribution in [0.4, 0.5) is 16.0 Å². The Labute approximate surface area is 200 Å². The van der Waals surface area contributed by atoms with Gasteiger partial charge in [0, 0.05) is 55.2 Å². The number of carboxylic acid groups (broad SMARTS) is 1. The Hall–Kier alpha value is -4.20. The third kappa shape index (κ3) is 3.71. The topological polar surface area (TPSA) is 148 Å². The van der Waals surface area contributed by atoms with Crippen LogP contribution in [-0.2, 0) is 11.8 Å². The minimum atomic E-state index is -1.45. The molecule has 14 heteroatoms. The van der Waals surface area contributed by atoms with Crippen molar-refractivity contribution < 1.29 is 19.1 Å². The van der Waals surface area contributed by atoms with Crippen molar-refractivity contribution in [3.05, 3.63) is 51.5 Å². The van der Waals surface area contributed by atoms with Gasteiger partial charge in [-0.25, -0.2) is 19.2 Å². The molecular weight excluding hydrogens is 479 g/mol. The van der Waals surface area contributed by atoms with Gasteiger partial charge in [-0.2, -0.15) is 9.47 Å². The fraction of sp³-hybridized carbons (Fsp3) is 0.286. The zero-order valence-corrected chi connectivity index (χ0v) is 19.6. The predicted molar refractivity (Wildman–Crippen MR) is 125 cm³/mol. The third-order valence-corrected chi connectivity index (χ3v) is 6.66. The molecule has 0 bridgehead atoms. The summed E-state index contributed by atoms with van der Waals surface area (Å²) >= 11 is 0.968. The van der Waals surface area contributed by atoms with Crippen molar-refractivity contribution in [3.8, 4) is 5.13 Å². The number of carboxylic acids is 1. The Balaban J connectivity index is 1.50. The summed E-state index contributed by atoms with van der Waals surface area (Å²) in [5, 5.41) is 16.6. The number of aromatic carboxylic acids is 1. The largest absolute Gasteiger partial charge is 0.477 e. The van der Waals surface area contributed by atoms with Gasteiger partial charge in [0.25, 0.3) is 0 Å². The van der Waals surface area contributed by atoms with E-state index in [0.717, 1.165) is 23.4 Å². The molecule has 5 heterocycles. The van der Waals surface area contributed by atoms with Crippen LogP contribution < -0.4 is 15.6 Å². The van der Waals surface area contributed by atoms with Crippen LogP contribution >= 0.6 is 11.5 Å². The molecule has 35 heavy (non-hydrogen) atoms. The standard InChI is InChI=1S/C21H19FN8O4S/c1-9-4-13(27-28(9)3)25-19(32)11-5-29(6-11)18-15(22)10(2)14-16(31)12(20(33)34)7-30(17(14)26-18)21-23-8-24-35-21/h4,7-8,11H,5-6H2,1-3H3,(H,33,34)(H,25,27,32). The maximum atomic E-state index is 15.4. The lowest BCUT2D eigenvalue weighted by Crippen LogP contribution is -2.53. The second-order valence-corrected chi connectivity index (χ2v) is 8.99. The summed E-state index contributed by atoms with van der Waals surface area (Å²) in [6.07, 6.45) is 2.40. The number of aryl methyl sites for hydroxylation is 3. The highest BCUT2D eigenvalue weighted by atomic mass is 32.1. The number of carbonyl (C=O) groups excluding carboxylic acids is 1. The number of nitrogens with one attached hydrogen (secondary N) is 1. The van der Waals surface area contributed by atoms with Gasteiger partial charge in [-0.1, -0.05) is 0 Å². The number of pyridine rings is 2. The van der Waals surface area contributed by atoms with Crippen LogP contribution in [0.5, 0.6) is 0 Å². The van der Waals surface area contributed by atoms with Crippen LogP contribution in [-0.4, -0.2) is 58.8 Å². The summed E-state index contributed by atoms with van der Waals surface area (Å²) in [6, 6.07) is 1.75. The fourth-order valence-electron chi connectivity index (χ4n) is 3.93. The summed E-state index contributed by atoms with van der Waals surface area (Å²) in [7, 11) is 1.77. The molecule has 1 fully saturated rings. The lowest BCUT2D eigenvalue weighted by molar-refractivity contribution is -0.120. The van der Waals surface area contributed by atoms with Crippen LogP contribution in [0.1, 0.15) is 21.6 Å². The molecule has 0 aliphatic carbocycles. The summed E-state index contributed by atoms with van der Waals surface area (Å²) in [6.45, 7) is 3.68. The average molecular weight is 499 g/mol. The quantitative estimate of drug-likeness (QED) is 0.417. The normalized spacial score (nSPS) is 13.8. The van der Waals surface area contributed by atoms with E-state index in [1.165, 1.54) is 17.8 Å². The smallest absolute Gasteiger partial charge is 0.341 e. The first kappa shape index (κ1) is 22.6. The molecule has 0 radical (unpaired) electrons. The molecular formula is C21H19FN8O4S. The molecule has 5 rings (SSSR count). The van der Waals surface area contributed by atoms with Gasteiger partial charge in [-0.05, 0) is 13.8 Å². The Morgan fingerprint density at radius 3 is 2.63 bits per heavy atom. The van der Waals surface area contributed by atoms with E-state index in [-0.39, 0.29) is 46.5 Å². The van der Waals surface area contributed by atoms with Crippen LogP contribution in [0.3, 0.4) is 0 Å². The molecule has 4 aromatic heterocycles. The molecule has 2 N–H and O–H groups in total. The molecule has 1 saturated heterocycles. The highest BCUT2D eigenvalue weighted by Crippen LogP contribution is 2.31. The van der Waals surface area contributed by atoms with E-state index in [9.17, 15) is 19.5 Å². The Morgan fingerprint density at radius 2 is 2.03 bits per heavy atom. The van der Waals surface area contributed by atoms with Crippen molar-refractivity contribution in [2.75, 3.05) is 23.3 Å². The highest BCUT2D eigenvalue weighted by Gasteiger charge is 2.36. The Bertz CT molecular complexity index is 1540. The minimum absolute atomic E-state index is 0.0338. The first-order chi connectivity index (χ1) is 16.7. The van der Waals surface area contributed by atoms with Crippen LogP contribution in [0.15, 0.2) is 23.4 Å². The Morgan fingerprint density at radius 1 is 1.29 bits per heavy atom. The summed E-state index contributed by atoms with van der Waals surface area (Å²) in [4.78, 5) is 47.2. The number of anilines is 2. The van der Waals surface area contributed by atoms with Crippen molar-refractivity contribution in [1.29, 1.82) is 0 Å². The van der Waals surface area contributed by atoms with Crippen molar-refractivity contribution in [2.24, 2.45) is 13.0 Å². The SMILES string of the molecule is Cc1c(F)c(N2CC(C(=O)Nc3cc(C)n(C)n3)C2)nc2c1c(=O)c(C(=O)O)cn2-c1ncns1. The number of halogens is 1. The maximum Gasteiger partial charge on any atom is 0.341 e. The lowest BCUT2D eigenvalue weighted by atomic mass is 9.98. The first-order valence-corrected chi connectivity index (χ1v) is 11.2. The molecule has 12 nitrogen and oxygen atoms in total. The molecule has 4 aromatic rings. The second-order valence-electron chi connectivity index (χ2n) is 8.23. The molecule has 0 atom stereocenters. The predicted octanol–water partition coefficient (Wildman–Crippen LogP) is 1.50. The van der Waals surface area contributed by atoms with Gasteiger partial charge in [0.1, 0.15) is 11.9 Å². The van der Waals surface area contributed by atoms with Gasteiger partial charge >= 0.3 is 5.97 Å². The number of hydrogen-bond acceptors (Lipinski definition) is 9. The van der Waals surface area contributed by atoms with Crippen molar-refractivity contribution in [3.63, 3.8) is 0 Å². The summed E-state index contributed by atoms with van der Waals surface area (Å²) < 4.78 is 22.3. The number of rotatable bonds is 5. The van der Waals surface area contributed by atoms with Gasteiger partial charge < -0.3 is 15.3 Å². The number of hydrogen-bond donors (Lipinski definition) is 2. The first-order valence-electron chi connectivity index (χ1n) is 10.5. The van der Waals surface area contributed by atoms with Gasteiger partial charge in [0.05, 0.1) is 11.3 Å². The molecule has 1 amide bonds. The fourth-order valence-corrected chi connectivity index (χ4v) is 4.44. The minimum Gasteiger partial charge on any atom is -0.477 e. The summed E-state index contributed by atoms with van der Waals surface area (Å²) in [5.41, 5.74) is -0.456. The molecule has 0 unspecified atom stereocenters. The molecule has 0 saturated carbocycles. The average Bonchev–Trinajstić information content (AvgIpc) is 3.40. The zero-order chi connectivity index (χ0) is 25.0. The molecule has 180 valence electrons. The van der Waals surface area contributed by atoms with E-state index in [1.807, 2.05) is 6.92 Å². The second kappa shape index (κ2) is 8.23. The number of nitrogens with zero attached hydrogens (tertiary/aromatic N) is 7. The number of fused-ring (bicyclic) bond motifs is 1. The molecule has 0 spiro atoms. The maximum absolute atomic E-state index is 15.4. The highest BCUT2D eigenvalue weighted by molar-refractivity contribution is 7.08. The van der Waals surface area contributed by atoms with Crippen LogP contribution in [0, 0.1) is 25.6 Å². The molecule has 1 aliphatic heterocycles. The van der Waals surface area contributed by atoms with Crippen molar-refractivity contribution in [1.82, 2.24) is 28.7 Å². The number of carbonyl (C=O) groups is 2. The van der Waals surface area contributed by atoms with Crippen molar-refractivity contribution >= 4 is 46.1 Å². The number of amides is 1. The van der Waals surface area contributed by atoms with Gasteiger partial charge in [-0.15, -0.1) is 0 Å². The van der Waals surface area contributed by atoms with Gasteiger partial charge in [0.2, 0.25) is 16.5 Å². The van der Waals surface area contributed by atoms with E-state index < -0.39 is 28.7 Å². The summed E-state index contributed by atoms with van der Waals surface area (Å²) in [5.74, 6) is -2.44. The van der Waals surface area contributed by atoms with E-state index >= 15 is 4.39 Å². The van der Waals surface area contributed by atoms with Crippen molar-refractivity contribution in [2.45, 2.75) is 13.8 Å². The van der Waals surface area contributed by atoms with Gasteiger partial charge in [-0.3, -0.25) is 18.8 Å². The Kier molecular flexibility index (Phi) is 5.31. The molecule has 0 aromatic carbocycles. The lowest BCUT2D eigenvalue weighted by Gasteiger charge is -2.39. The van der Waals surface area contributed by atoms with E-state index in [1.54, 1.807) is 22.7 Å². The van der Waals surface area contributed by atoms with Gasteiger partial charge in [0.15, 0.2) is 23.1 Å². The number of aromatic nitrogens is 6. The molecule has 1 aliphatic rings. The third-order valence-electron chi connectivity index (χ3n) is 6.00. The monoisotopic (exact) mass is 498 g/mol. The van der Waals surface area contributed by atoms with Crippen LogP contribution in [0.25, 0.3) is 16.2 Å².